The van der Waals surface area contributed by atoms with Crippen molar-refractivity contribution < 1.29 is 23.8 Å². The Bertz CT molecular complexity index is 1270. The average Bonchev–Trinajstić information content (AvgIpc) is 2.86. The van der Waals surface area contributed by atoms with Crippen LogP contribution in [0.25, 0.3) is 0 Å². The summed E-state index contributed by atoms with van der Waals surface area (Å²) in [4.78, 5) is 24.8. The Morgan fingerprint density at radius 2 is 1.76 bits per heavy atom. The van der Waals surface area contributed by atoms with Gasteiger partial charge < -0.3 is 19.5 Å². The van der Waals surface area contributed by atoms with Gasteiger partial charge in [-0.15, -0.1) is 0 Å². The van der Waals surface area contributed by atoms with E-state index in [1.54, 1.807) is 30.3 Å². The van der Waals surface area contributed by atoms with E-state index in [1.165, 1.54) is 13.3 Å². The fourth-order valence-corrected chi connectivity index (χ4v) is 4.67. The van der Waals surface area contributed by atoms with Gasteiger partial charge in [-0.05, 0) is 98.8 Å². The molecule has 0 fully saturated rings. The lowest BCUT2D eigenvalue weighted by atomic mass is 10.2. The Morgan fingerprint density at radius 1 is 1.00 bits per heavy atom. The number of rotatable bonds is 11. The number of nitrogens with zero attached hydrogens (tertiary/aromatic N) is 1. The minimum atomic E-state index is -0.394. The zero-order valence-corrected chi connectivity index (χ0v) is 23.8. The van der Waals surface area contributed by atoms with Crippen molar-refractivity contribution in [2.45, 2.75) is 20.3 Å². The van der Waals surface area contributed by atoms with Gasteiger partial charge in [0.05, 0.1) is 28.9 Å². The molecule has 194 valence electrons. The van der Waals surface area contributed by atoms with Gasteiger partial charge in [-0.1, -0.05) is 19.1 Å². The molecular weight excluding hydrogens is 606 g/mol. The second-order valence-electron chi connectivity index (χ2n) is 7.93. The monoisotopic (exact) mass is 631 g/mol. The number of aryl methyl sites for hydroxylation is 1. The lowest BCUT2D eigenvalue weighted by Crippen LogP contribution is -2.20. The van der Waals surface area contributed by atoms with Crippen LogP contribution in [0.4, 0.5) is 5.69 Å². The number of carbonyl (C=O) groups is 2. The summed E-state index contributed by atoms with van der Waals surface area (Å²) in [6, 6.07) is 16.0. The standard InChI is InChI=1S/C27H27Br2N3O5/c1-4-10-36-23-9-8-19(14-24(23)35-3)27(34)32-30-15-18-12-21(28)26(22(29)13-18)37-16-25(33)31-20-7-5-6-17(2)11-20/h5-9,11-15H,4,10,16H2,1-3H3,(H,31,33)(H,32,34)/b30-15+. The molecule has 3 aromatic carbocycles. The average molecular weight is 633 g/mol. The first-order chi connectivity index (χ1) is 17.8. The zero-order chi connectivity index (χ0) is 26.8. The van der Waals surface area contributed by atoms with Crippen molar-refractivity contribution in [2.24, 2.45) is 5.10 Å². The molecule has 3 rings (SSSR count). The third kappa shape index (κ3) is 8.33. The minimum absolute atomic E-state index is 0.166. The second kappa shape index (κ2) is 13.8. The lowest BCUT2D eigenvalue weighted by molar-refractivity contribution is -0.118. The van der Waals surface area contributed by atoms with E-state index in [4.69, 9.17) is 14.2 Å². The normalized spacial score (nSPS) is 10.7. The number of methoxy groups -OCH3 is 1. The summed E-state index contributed by atoms with van der Waals surface area (Å²) in [5.41, 5.74) is 5.33. The molecule has 0 saturated carbocycles. The van der Waals surface area contributed by atoms with Crippen LogP contribution in [0.1, 0.15) is 34.8 Å². The lowest BCUT2D eigenvalue weighted by Gasteiger charge is -2.12. The number of hydrazone groups is 1. The molecule has 37 heavy (non-hydrogen) atoms. The van der Waals surface area contributed by atoms with E-state index in [0.717, 1.165) is 12.0 Å². The molecule has 0 aliphatic rings. The number of benzene rings is 3. The predicted molar refractivity (Wildman–Crippen MR) is 151 cm³/mol. The number of carbonyl (C=O) groups excluding carboxylic acids is 2. The molecule has 0 saturated heterocycles. The van der Waals surface area contributed by atoms with E-state index in [2.05, 4.69) is 47.7 Å². The fraction of sp³-hybridized carbons (Fsp3) is 0.222. The number of halogens is 2. The molecule has 0 aliphatic heterocycles. The predicted octanol–water partition coefficient (Wildman–Crippen LogP) is 6.10. The molecule has 10 heteroatoms. The molecule has 2 amide bonds. The first-order valence-electron chi connectivity index (χ1n) is 11.4. The third-order valence-electron chi connectivity index (χ3n) is 4.94. The van der Waals surface area contributed by atoms with E-state index < -0.39 is 5.91 Å². The third-order valence-corrected chi connectivity index (χ3v) is 6.12. The molecular formula is C27H27Br2N3O5. The van der Waals surface area contributed by atoms with Crippen molar-refractivity contribution in [3.63, 3.8) is 0 Å². The SMILES string of the molecule is CCCOc1ccc(C(=O)N/N=C/c2cc(Br)c(OCC(=O)Nc3cccc(C)c3)c(Br)c2)cc1OC. The molecule has 0 atom stereocenters. The smallest absolute Gasteiger partial charge is 0.271 e. The van der Waals surface area contributed by atoms with Gasteiger partial charge in [0.25, 0.3) is 11.8 Å². The summed E-state index contributed by atoms with van der Waals surface area (Å²) >= 11 is 6.92. The van der Waals surface area contributed by atoms with Crippen LogP contribution in [0.15, 0.2) is 68.6 Å². The van der Waals surface area contributed by atoms with Gasteiger partial charge in [-0.2, -0.15) is 5.10 Å². The summed E-state index contributed by atoms with van der Waals surface area (Å²) in [6.45, 7) is 4.35. The highest BCUT2D eigenvalue weighted by molar-refractivity contribution is 9.11. The molecule has 0 aliphatic carbocycles. The number of nitrogens with one attached hydrogen (secondary N) is 2. The van der Waals surface area contributed by atoms with Crippen LogP contribution < -0.4 is 25.0 Å². The topological polar surface area (TPSA) is 98.3 Å². The van der Waals surface area contributed by atoms with Crippen molar-refractivity contribution in [1.29, 1.82) is 0 Å². The number of hydrogen-bond acceptors (Lipinski definition) is 6. The van der Waals surface area contributed by atoms with E-state index in [9.17, 15) is 9.59 Å². The molecule has 0 bridgehead atoms. The molecule has 0 heterocycles. The maximum Gasteiger partial charge on any atom is 0.271 e. The van der Waals surface area contributed by atoms with Crippen LogP contribution in [-0.2, 0) is 4.79 Å². The number of anilines is 1. The fourth-order valence-electron chi connectivity index (χ4n) is 3.22. The molecule has 2 N–H and O–H groups in total. The van der Waals surface area contributed by atoms with Gasteiger partial charge in [-0.3, -0.25) is 9.59 Å². The summed E-state index contributed by atoms with van der Waals surface area (Å²) in [7, 11) is 1.52. The van der Waals surface area contributed by atoms with Gasteiger partial charge in [-0.25, -0.2) is 5.43 Å². The number of ether oxygens (including phenoxy) is 3. The maximum atomic E-state index is 12.5. The van der Waals surface area contributed by atoms with E-state index in [1.807, 2.05) is 38.1 Å². The van der Waals surface area contributed by atoms with Crippen LogP contribution in [0, 0.1) is 6.92 Å². The Morgan fingerprint density at radius 3 is 2.43 bits per heavy atom. The molecule has 0 unspecified atom stereocenters. The summed E-state index contributed by atoms with van der Waals surface area (Å²) in [5.74, 6) is 0.849. The zero-order valence-electron chi connectivity index (χ0n) is 20.6. The molecule has 0 spiro atoms. The first kappa shape index (κ1) is 28.2. The maximum absolute atomic E-state index is 12.5. The van der Waals surface area contributed by atoms with E-state index in [-0.39, 0.29) is 12.5 Å². The quantitative estimate of drug-likeness (QED) is 0.197. The molecule has 0 aromatic heterocycles. The number of amides is 2. The van der Waals surface area contributed by atoms with Gasteiger partial charge in [0.1, 0.15) is 5.75 Å². The van der Waals surface area contributed by atoms with Crippen LogP contribution in [0.2, 0.25) is 0 Å². The van der Waals surface area contributed by atoms with Crippen molar-refractivity contribution in [3.8, 4) is 17.2 Å². The Labute approximate surface area is 232 Å². The van der Waals surface area contributed by atoms with Gasteiger partial charge in [0.15, 0.2) is 18.1 Å². The second-order valence-corrected chi connectivity index (χ2v) is 9.64. The highest BCUT2D eigenvalue weighted by Gasteiger charge is 2.13. The Balaban J connectivity index is 1.58. The van der Waals surface area contributed by atoms with Crippen molar-refractivity contribution >= 4 is 55.6 Å². The van der Waals surface area contributed by atoms with Crippen LogP contribution in [0.3, 0.4) is 0 Å². The van der Waals surface area contributed by atoms with Gasteiger partial charge in [0, 0.05) is 11.3 Å². The van der Waals surface area contributed by atoms with Crippen molar-refractivity contribution in [2.75, 3.05) is 25.6 Å². The highest BCUT2D eigenvalue weighted by atomic mass is 79.9. The van der Waals surface area contributed by atoms with E-state index in [0.29, 0.717) is 49.6 Å². The summed E-state index contributed by atoms with van der Waals surface area (Å²) in [5, 5.41) is 6.85. The summed E-state index contributed by atoms with van der Waals surface area (Å²) < 4.78 is 17.9. The van der Waals surface area contributed by atoms with Gasteiger partial charge >= 0.3 is 0 Å². The van der Waals surface area contributed by atoms with Gasteiger partial charge in [0.2, 0.25) is 0 Å². The molecule has 8 nitrogen and oxygen atoms in total. The highest BCUT2D eigenvalue weighted by Crippen LogP contribution is 2.34. The largest absolute Gasteiger partial charge is 0.493 e. The van der Waals surface area contributed by atoms with Crippen molar-refractivity contribution in [1.82, 2.24) is 5.43 Å². The number of hydrogen-bond donors (Lipinski definition) is 2. The Kier molecular flexibility index (Phi) is 10.5. The molecule has 0 radical (unpaired) electrons. The Hall–Kier alpha value is -3.37. The van der Waals surface area contributed by atoms with Crippen LogP contribution in [0.5, 0.6) is 17.2 Å². The van der Waals surface area contributed by atoms with Crippen molar-refractivity contribution in [3.05, 3.63) is 80.2 Å². The summed E-state index contributed by atoms with van der Waals surface area (Å²) in [6.07, 6.45) is 2.36. The first-order valence-corrected chi connectivity index (χ1v) is 13.0. The molecule has 3 aromatic rings. The minimum Gasteiger partial charge on any atom is -0.493 e. The van der Waals surface area contributed by atoms with Crippen LogP contribution >= 0.6 is 31.9 Å². The van der Waals surface area contributed by atoms with Crippen LogP contribution in [-0.4, -0.2) is 38.4 Å². The van der Waals surface area contributed by atoms with E-state index >= 15 is 0 Å².